The number of benzene rings is 1. The van der Waals surface area contributed by atoms with Crippen LogP contribution in [-0.4, -0.2) is 28.0 Å². The van der Waals surface area contributed by atoms with Gasteiger partial charge in [0, 0.05) is 18.1 Å². The van der Waals surface area contributed by atoms with Crippen molar-refractivity contribution in [2.45, 2.75) is 0 Å². The zero-order valence-corrected chi connectivity index (χ0v) is 11.3. The number of carbonyl (C=O) groups is 1. The number of aromatic nitrogens is 3. The van der Waals surface area contributed by atoms with Gasteiger partial charge < -0.3 is 10.1 Å². The Morgan fingerprint density at radius 2 is 1.71 bits per heavy atom. The molecule has 3 aromatic rings. The van der Waals surface area contributed by atoms with Gasteiger partial charge in [-0.1, -0.05) is 12.1 Å². The Morgan fingerprint density at radius 1 is 1.05 bits per heavy atom. The first-order valence-corrected chi connectivity index (χ1v) is 6.30. The highest BCUT2D eigenvalue weighted by molar-refractivity contribution is 6.05. The first-order chi connectivity index (χ1) is 10.3. The molecular formula is C15H12N4O2. The quantitative estimate of drug-likeness (QED) is 0.796. The van der Waals surface area contributed by atoms with Crippen molar-refractivity contribution in [2.75, 3.05) is 12.4 Å². The lowest BCUT2D eigenvalue weighted by molar-refractivity contribution is 0.101. The third-order valence-corrected chi connectivity index (χ3v) is 2.89. The minimum absolute atomic E-state index is 0.146. The van der Waals surface area contributed by atoms with Gasteiger partial charge in [-0.15, -0.1) is 0 Å². The molecule has 6 nitrogen and oxygen atoms in total. The highest BCUT2D eigenvalue weighted by Gasteiger charge is 2.17. The lowest BCUT2D eigenvalue weighted by atomic mass is 10.2. The number of anilines is 1. The maximum atomic E-state index is 12.3. The van der Waals surface area contributed by atoms with E-state index in [0.29, 0.717) is 16.7 Å². The van der Waals surface area contributed by atoms with Gasteiger partial charge in [0.15, 0.2) is 5.69 Å². The first kappa shape index (κ1) is 13.0. The molecule has 1 amide bonds. The summed E-state index contributed by atoms with van der Waals surface area (Å²) in [5.74, 6) is -0.184. The highest BCUT2D eigenvalue weighted by atomic mass is 16.5. The van der Waals surface area contributed by atoms with Crippen molar-refractivity contribution in [1.29, 1.82) is 0 Å². The maximum Gasteiger partial charge on any atom is 0.279 e. The van der Waals surface area contributed by atoms with Gasteiger partial charge in [-0.05, 0) is 24.3 Å². The molecule has 0 atom stereocenters. The predicted octanol–water partition coefficient (Wildman–Crippen LogP) is 2.29. The van der Waals surface area contributed by atoms with Crippen LogP contribution in [0.3, 0.4) is 0 Å². The molecule has 1 N–H and O–H groups in total. The molecule has 0 unspecified atom stereocenters. The molecule has 0 bridgehead atoms. The van der Waals surface area contributed by atoms with Gasteiger partial charge in [0.25, 0.3) is 5.91 Å². The number of hydrogen-bond acceptors (Lipinski definition) is 5. The predicted molar refractivity (Wildman–Crippen MR) is 78.3 cm³/mol. The van der Waals surface area contributed by atoms with Crippen LogP contribution in [0.1, 0.15) is 10.5 Å². The van der Waals surface area contributed by atoms with Crippen LogP contribution in [0.25, 0.3) is 11.0 Å². The molecule has 0 saturated heterocycles. The van der Waals surface area contributed by atoms with E-state index in [0.717, 1.165) is 0 Å². The van der Waals surface area contributed by atoms with Crippen LogP contribution in [0.4, 0.5) is 5.69 Å². The second kappa shape index (κ2) is 5.54. The summed E-state index contributed by atoms with van der Waals surface area (Å²) in [4.78, 5) is 24.8. The second-order valence-corrected chi connectivity index (χ2v) is 4.26. The van der Waals surface area contributed by atoms with Gasteiger partial charge in [-0.2, -0.15) is 0 Å². The Bertz CT molecular complexity index is 790. The standard InChI is InChI=1S/C15H12N4O2/c1-21-15-13(14(20)17-10-6-8-16-9-7-10)18-11-4-2-3-5-12(11)19-15/h2-9H,1H3,(H,16,17,20). The number of nitrogens with zero attached hydrogens (tertiary/aromatic N) is 3. The summed E-state index contributed by atoms with van der Waals surface area (Å²) in [6.45, 7) is 0. The van der Waals surface area contributed by atoms with Crippen molar-refractivity contribution >= 4 is 22.6 Å². The molecule has 0 aliphatic heterocycles. The minimum atomic E-state index is -0.378. The van der Waals surface area contributed by atoms with E-state index in [1.54, 1.807) is 30.6 Å². The lowest BCUT2D eigenvalue weighted by Gasteiger charge is -2.08. The van der Waals surface area contributed by atoms with E-state index in [1.165, 1.54) is 7.11 Å². The third-order valence-electron chi connectivity index (χ3n) is 2.89. The smallest absolute Gasteiger partial charge is 0.279 e. The van der Waals surface area contributed by atoms with E-state index in [2.05, 4.69) is 20.3 Å². The fraction of sp³-hybridized carbons (Fsp3) is 0.0667. The Kier molecular flexibility index (Phi) is 3.42. The molecule has 0 saturated carbocycles. The molecule has 0 aliphatic carbocycles. The largest absolute Gasteiger partial charge is 0.479 e. The van der Waals surface area contributed by atoms with Gasteiger partial charge in [0.2, 0.25) is 5.88 Å². The van der Waals surface area contributed by atoms with E-state index in [9.17, 15) is 4.79 Å². The number of nitrogens with one attached hydrogen (secondary N) is 1. The third kappa shape index (κ3) is 2.64. The van der Waals surface area contributed by atoms with E-state index < -0.39 is 0 Å². The summed E-state index contributed by atoms with van der Waals surface area (Å²) in [5, 5.41) is 2.74. The molecule has 0 spiro atoms. The highest BCUT2D eigenvalue weighted by Crippen LogP contribution is 2.19. The lowest BCUT2D eigenvalue weighted by Crippen LogP contribution is -2.16. The van der Waals surface area contributed by atoms with Gasteiger partial charge >= 0.3 is 0 Å². The van der Waals surface area contributed by atoms with Crippen LogP contribution in [0, 0.1) is 0 Å². The zero-order valence-electron chi connectivity index (χ0n) is 11.3. The number of fused-ring (bicyclic) bond motifs is 1. The molecule has 6 heteroatoms. The molecule has 104 valence electrons. The van der Waals surface area contributed by atoms with Gasteiger partial charge in [0.05, 0.1) is 18.1 Å². The van der Waals surface area contributed by atoms with Gasteiger partial charge in [-0.25, -0.2) is 9.97 Å². The maximum absolute atomic E-state index is 12.3. The Morgan fingerprint density at radius 3 is 2.38 bits per heavy atom. The van der Waals surface area contributed by atoms with Crippen LogP contribution in [0.15, 0.2) is 48.8 Å². The topological polar surface area (TPSA) is 77.0 Å². The monoisotopic (exact) mass is 280 g/mol. The molecule has 0 radical (unpaired) electrons. The van der Waals surface area contributed by atoms with Crippen molar-refractivity contribution in [2.24, 2.45) is 0 Å². The average molecular weight is 280 g/mol. The molecule has 0 aliphatic rings. The van der Waals surface area contributed by atoms with Crippen molar-refractivity contribution in [3.63, 3.8) is 0 Å². The molecule has 2 heterocycles. The fourth-order valence-corrected chi connectivity index (χ4v) is 1.90. The molecule has 3 rings (SSSR count). The summed E-state index contributed by atoms with van der Waals surface area (Å²) in [5.41, 5.74) is 2.09. The van der Waals surface area contributed by atoms with E-state index in [-0.39, 0.29) is 17.5 Å². The van der Waals surface area contributed by atoms with Crippen LogP contribution in [0.5, 0.6) is 5.88 Å². The second-order valence-electron chi connectivity index (χ2n) is 4.26. The summed E-state index contributed by atoms with van der Waals surface area (Å²) >= 11 is 0. The molecule has 1 aromatic carbocycles. The number of ether oxygens (including phenoxy) is 1. The Labute approximate surface area is 120 Å². The van der Waals surface area contributed by atoms with E-state index in [4.69, 9.17) is 4.74 Å². The Hall–Kier alpha value is -3.02. The van der Waals surface area contributed by atoms with Gasteiger partial charge in [0.1, 0.15) is 0 Å². The number of pyridine rings is 1. The SMILES string of the molecule is COc1nc2ccccc2nc1C(=O)Nc1ccncc1. The van der Waals surface area contributed by atoms with E-state index >= 15 is 0 Å². The molecular weight excluding hydrogens is 268 g/mol. The van der Waals surface area contributed by atoms with Crippen molar-refractivity contribution in [3.05, 3.63) is 54.5 Å². The number of carbonyl (C=O) groups excluding carboxylic acids is 1. The van der Waals surface area contributed by atoms with Crippen LogP contribution < -0.4 is 10.1 Å². The van der Waals surface area contributed by atoms with Gasteiger partial charge in [-0.3, -0.25) is 9.78 Å². The summed E-state index contributed by atoms with van der Waals surface area (Å²) in [7, 11) is 1.46. The Balaban J connectivity index is 2.00. The summed E-state index contributed by atoms with van der Waals surface area (Å²) in [6, 6.07) is 10.7. The first-order valence-electron chi connectivity index (χ1n) is 6.30. The average Bonchev–Trinajstić information content (AvgIpc) is 2.54. The minimum Gasteiger partial charge on any atom is -0.479 e. The number of para-hydroxylation sites is 2. The van der Waals surface area contributed by atoms with E-state index in [1.807, 2.05) is 18.2 Å². The molecule has 21 heavy (non-hydrogen) atoms. The van der Waals surface area contributed by atoms with Crippen molar-refractivity contribution in [1.82, 2.24) is 15.0 Å². The number of hydrogen-bond donors (Lipinski definition) is 1. The van der Waals surface area contributed by atoms with Crippen LogP contribution in [0.2, 0.25) is 0 Å². The molecule has 0 fully saturated rings. The van der Waals surface area contributed by atoms with Crippen molar-refractivity contribution < 1.29 is 9.53 Å². The summed E-state index contributed by atoms with van der Waals surface area (Å²) < 4.78 is 5.17. The van der Waals surface area contributed by atoms with Crippen LogP contribution in [-0.2, 0) is 0 Å². The molecule has 2 aromatic heterocycles. The normalized spacial score (nSPS) is 10.3. The number of rotatable bonds is 3. The number of methoxy groups -OCH3 is 1. The van der Waals surface area contributed by atoms with Crippen molar-refractivity contribution in [3.8, 4) is 5.88 Å². The zero-order chi connectivity index (χ0) is 14.7. The summed E-state index contributed by atoms with van der Waals surface area (Å²) in [6.07, 6.45) is 3.19. The van der Waals surface area contributed by atoms with Crippen LogP contribution >= 0.6 is 0 Å². The number of amides is 1. The fourth-order valence-electron chi connectivity index (χ4n) is 1.90.